The van der Waals surface area contributed by atoms with Crippen LogP contribution in [0.25, 0.3) is 0 Å². The van der Waals surface area contributed by atoms with E-state index < -0.39 is 0 Å². The van der Waals surface area contributed by atoms with E-state index in [2.05, 4.69) is 27.1 Å². The zero-order chi connectivity index (χ0) is 18.7. The van der Waals surface area contributed by atoms with Crippen LogP contribution < -0.4 is 10.2 Å². The molecule has 2 aromatic rings. The molecule has 26 heavy (non-hydrogen) atoms. The average Bonchev–Trinajstić information content (AvgIpc) is 2.64. The topological polar surface area (TPSA) is 58.1 Å². The van der Waals surface area contributed by atoms with Crippen molar-refractivity contribution in [1.82, 2.24) is 9.97 Å². The quantitative estimate of drug-likeness (QED) is 0.839. The van der Waals surface area contributed by atoms with Gasteiger partial charge in [-0.15, -0.1) is 0 Å². The van der Waals surface area contributed by atoms with Crippen LogP contribution in [0.1, 0.15) is 54.4 Å². The van der Waals surface area contributed by atoms with Crippen molar-refractivity contribution in [3.63, 3.8) is 0 Å². The minimum atomic E-state index is -0.248. The Bertz CT molecular complexity index is 808. The summed E-state index contributed by atoms with van der Waals surface area (Å²) in [5, 5.41) is 3.50. The molecule has 1 amide bonds. The number of carbonyl (C=O) groups excluding carboxylic acids is 1. The van der Waals surface area contributed by atoms with Gasteiger partial charge in [0.2, 0.25) is 5.95 Å². The number of carbonyl (C=O) groups is 1. The standard InChI is InChI=1S/C20H25ClN4O/c1-4-16-7-5-6-10-25(16)20-22-14(3)11-18(24-20)19(26)23-15-9-8-13(2)17(21)12-15/h8-9,11-12,16H,4-7,10H2,1-3H3,(H,23,26). The normalized spacial score (nSPS) is 17.2. The summed E-state index contributed by atoms with van der Waals surface area (Å²) < 4.78 is 0. The van der Waals surface area contributed by atoms with Crippen molar-refractivity contribution in [2.75, 3.05) is 16.8 Å². The van der Waals surface area contributed by atoms with Gasteiger partial charge in [0.1, 0.15) is 5.69 Å². The second-order valence-electron chi connectivity index (χ2n) is 6.86. The van der Waals surface area contributed by atoms with Gasteiger partial charge >= 0.3 is 0 Å². The van der Waals surface area contributed by atoms with Gasteiger partial charge in [-0.1, -0.05) is 24.6 Å². The lowest BCUT2D eigenvalue weighted by Gasteiger charge is -2.35. The van der Waals surface area contributed by atoms with Crippen LogP contribution in [0.5, 0.6) is 0 Å². The second-order valence-corrected chi connectivity index (χ2v) is 7.27. The van der Waals surface area contributed by atoms with E-state index in [0.717, 1.165) is 37.1 Å². The second kappa shape index (κ2) is 8.04. The van der Waals surface area contributed by atoms with Crippen LogP contribution >= 0.6 is 11.6 Å². The van der Waals surface area contributed by atoms with E-state index in [1.807, 2.05) is 26.0 Å². The fourth-order valence-corrected chi connectivity index (χ4v) is 3.53. The molecule has 1 fully saturated rings. The Morgan fingerprint density at radius 1 is 1.27 bits per heavy atom. The Balaban J connectivity index is 1.84. The Labute approximate surface area is 159 Å². The number of nitrogens with one attached hydrogen (secondary N) is 1. The first-order valence-corrected chi connectivity index (χ1v) is 9.55. The van der Waals surface area contributed by atoms with E-state index in [-0.39, 0.29) is 5.91 Å². The summed E-state index contributed by atoms with van der Waals surface area (Å²) in [6.07, 6.45) is 4.58. The largest absolute Gasteiger partial charge is 0.338 e. The molecule has 1 atom stereocenters. The zero-order valence-corrected chi connectivity index (χ0v) is 16.3. The first-order chi connectivity index (χ1) is 12.5. The van der Waals surface area contributed by atoms with Gasteiger partial charge in [0.25, 0.3) is 5.91 Å². The Hall–Kier alpha value is -2.14. The van der Waals surface area contributed by atoms with Gasteiger partial charge in [-0.05, 0) is 63.3 Å². The van der Waals surface area contributed by atoms with Crippen molar-refractivity contribution in [1.29, 1.82) is 0 Å². The van der Waals surface area contributed by atoms with E-state index in [1.54, 1.807) is 12.1 Å². The molecule has 138 valence electrons. The number of benzene rings is 1. The molecular weight excluding hydrogens is 348 g/mol. The van der Waals surface area contributed by atoms with Gasteiger partial charge < -0.3 is 10.2 Å². The number of piperidine rings is 1. The highest BCUT2D eigenvalue weighted by Crippen LogP contribution is 2.25. The summed E-state index contributed by atoms with van der Waals surface area (Å²) in [6.45, 7) is 6.95. The van der Waals surface area contributed by atoms with E-state index >= 15 is 0 Å². The lowest BCUT2D eigenvalue weighted by Crippen LogP contribution is -2.40. The molecule has 6 heteroatoms. The molecule has 0 spiro atoms. The maximum absolute atomic E-state index is 12.7. The highest BCUT2D eigenvalue weighted by Gasteiger charge is 2.24. The fourth-order valence-electron chi connectivity index (χ4n) is 3.35. The summed E-state index contributed by atoms with van der Waals surface area (Å²) >= 11 is 6.14. The van der Waals surface area contributed by atoms with Crippen molar-refractivity contribution in [3.8, 4) is 0 Å². The van der Waals surface area contributed by atoms with Gasteiger partial charge in [0, 0.05) is 29.0 Å². The number of rotatable bonds is 4. The van der Waals surface area contributed by atoms with Crippen LogP contribution in [-0.2, 0) is 0 Å². The number of hydrogen-bond acceptors (Lipinski definition) is 4. The highest BCUT2D eigenvalue weighted by molar-refractivity contribution is 6.31. The number of aromatic nitrogens is 2. The summed E-state index contributed by atoms with van der Waals surface area (Å²) in [5.41, 5.74) is 2.81. The van der Waals surface area contributed by atoms with Crippen LogP contribution in [-0.4, -0.2) is 28.5 Å². The van der Waals surface area contributed by atoms with E-state index in [9.17, 15) is 4.79 Å². The predicted octanol–water partition coefficient (Wildman–Crippen LogP) is 4.77. The van der Waals surface area contributed by atoms with Crippen molar-refractivity contribution < 1.29 is 4.79 Å². The van der Waals surface area contributed by atoms with E-state index in [1.165, 1.54) is 6.42 Å². The van der Waals surface area contributed by atoms with Gasteiger partial charge in [-0.2, -0.15) is 0 Å². The van der Waals surface area contributed by atoms with Crippen molar-refractivity contribution in [2.24, 2.45) is 0 Å². The highest BCUT2D eigenvalue weighted by atomic mass is 35.5. The first-order valence-electron chi connectivity index (χ1n) is 9.17. The number of amides is 1. The summed E-state index contributed by atoms with van der Waals surface area (Å²) in [6, 6.07) is 7.64. The fraction of sp³-hybridized carbons (Fsp3) is 0.450. The molecule has 0 saturated carbocycles. The molecule has 0 radical (unpaired) electrons. The lowest BCUT2D eigenvalue weighted by molar-refractivity contribution is 0.102. The van der Waals surface area contributed by atoms with Crippen molar-refractivity contribution in [2.45, 2.75) is 52.5 Å². The summed E-state index contributed by atoms with van der Waals surface area (Å²) in [4.78, 5) is 24.1. The third kappa shape index (κ3) is 4.15. The lowest BCUT2D eigenvalue weighted by atomic mass is 10.0. The van der Waals surface area contributed by atoms with E-state index in [4.69, 9.17) is 11.6 Å². The van der Waals surface area contributed by atoms with Gasteiger partial charge in [-0.25, -0.2) is 9.97 Å². The molecule has 1 aromatic carbocycles. The molecule has 1 aliphatic heterocycles. The SMILES string of the molecule is CCC1CCCCN1c1nc(C)cc(C(=O)Nc2ccc(C)c(Cl)c2)n1. The molecule has 3 rings (SSSR count). The van der Waals surface area contributed by atoms with Crippen molar-refractivity contribution in [3.05, 3.63) is 46.2 Å². The van der Waals surface area contributed by atoms with Gasteiger partial charge in [0.15, 0.2) is 0 Å². The van der Waals surface area contributed by atoms with Crippen LogP contribution in [0, 0.1) is 13.8 Å². The number of halogens is 1. The van der Waals surface area contributed by atoms with Gasteiger partial charge in [0.05, 0.1) is 0 Å². The molecule has 5 nitrogen and oxygen atoms in total. The minimum Gasteiger partial charge on any atom is -0.338 e. The van der Waals surface area contributed by atoms with Crippen LogP contribution in [0.4, 0.5) is 11.6 Å². The molecule has 1 saturated heterocycles. The van der Waals surface area contributed by atoms with E-state index in [0.29, 0.717) is 28.4 Å². The Morgan fingerprint density at radius 3 is 2.81 bits per heavy atom. The molecule has 1 aliphatic rings. The molecule has 2 heterocycles. The third-order valence-corrected chi connectivity index (χ3v) is 5.27. The maximum atomic E-state index is 12.7. The number of anilines is 2. The number of nitrogens with zero attached hydrogens (tertiary/aromatic N) is 3. The average molecular weight is 373 g/mol. The van der Waals surface area contributed by atoms with Gasteiger partial charge in [-0.3, -0.25) is 4.79 Å². The summed E-state index contributed by atoms with van der Waals surface area (Å²) in [7, 11) is 0. The van der Waals surface area contributed by atoms with Crippen LogP contribution in [0.2, 0.25) is 5.02 Å². The first kappa shape index (κ1) is 18.6. The molecule has 0 aliphatic carbocycles. The minimum absolute atomic E-state index is 0.248. The predicted molar refractivity (Wildman–Crippen MR) is 106 cm³/mol. The number of aryl methyl sites for hydroxylation is 2. The monoisotopic (exact) mass is 372 g/mol. The Kier molecular flexibility index (Phi) is 5.77. The molecular formula is C20H25ClN4O. The Morgan fingerprint density at radius 2 is 2.08 bits per heavy atom. The number of hydrogen-bond donors (Lipinski definition) is 1. The summed E-state index contributed by atoms with van der Waals surface area (Å²) in [5.74, 6) is 0.408. The van der Waals surface area contributed by atoms with Crippen molar-refractivity contribution >= 4 is 29.1 Å². The third-order valence-electron chi connectivity index (χ3n) is 4.86. The molecule has 1 N–H and O–H groups in total. The molecule has 1 aromatic heterocycles. The van der Waals surface area contributed by atoms with Crippen LogP contribution in [0.15, 0.2) is 24.3 Å². The molecule has 1 unspecified atom stereocenters. The maximum Gasteiger partial charge on any atom is 0.274 e. The smallest absolute Gasteiger partial charge is 0.274 e. The zero-order valence-electron chi connectivity index (χ0n) is 15.6. The van der Waals surface area contributed by atoms with Crippen LogP contribution in [0.3, 0.4) is 0 Å². The molecule has 0 bridgehead atoms.